The summed E-state index contributed by atoms with van der Waals surface area (Å²) < 4.78 is 5.15. The summed E-state index contributed by atoms with van der Waals surface area (Å²) in [6, 6.07) is 21.1. The van der Waals surface area contributed by atoms with Crippen LogP contribution in [-0.4, -0.2) is 10.9 Å². The quantitative estimate of drug-likeness (QED) is 0.572. The molecule has 0 aliphatic rings. The van der Waals surface area contributed by atoms with E-state index in [0.29, 0.717) is 5.69 Å². The lowest BCUT2D eigenvalue weighted by molar-refractivity contribution is 0.0996. The number of fused-ring (bicyclic) bond motifs is 1. The van der Waals surface area contributed by atoms with Crippen LogP contribution in [-0.2, 0) is 0 Å². The van der Waals surface area contributed by atoms with Gasteiger partial charge in [0.05, 0.1) is 23.2 Å². The molecule has 0 saturated heterocycles. The minimum Gasteiger partial charge on any atom is -0.459 e. The first-order chi connectivity index (χ1) is 12.2. The Hall–Kier alpha value is -3.40. The lowest BCUT2D eigenvalue weighted by atomic mass is 10.1. The Balaban J connectivity index is 1.73. The third-order valence-electron chi connectivity index (χ3n) is 4.04. The van der Waals surface area contributed by atoms with Gasteiger partial charge in [-0.05, 0) is 43.3 Å². The van der Waals surface area contributed by atoms with Crippen molar-refractivity contribution in [2.24, 2.45) is 0 Å². The van der Waals surface area contributed by atoms with Gasteiger partial charge in [0.25, 0.3) is 5.91 Å². The molecule has 2 heterocycles. The Kier molecular flexibility index (Phi) is 3.78. The van der Waals surface area contributed by atoms with E-state index in [-0.39, 0.29) is 11.7 Å². The van der Waals surface area contributed by atoms with Crippen LogP contribution in [0, 0.1) is 6.92 Å². The molecule has 2 aromatic carbocycles. The molecule has 122 valence electrons. The highest BCUT2D eigenvalue weighted by Gasteiger charge is 2.13. The smallest absolute Gasteiger partial charge is 0.291 e. The van der Waals surface area contributed by atoms with Gasteiger partial charge in [-0.3, -0.25) is 4.79 Å². The molecule has 4 heteroatoms. The van der Waals surface area contributed by atoms with Gasteiger partial charge >= 0.3 is 0 Å². The fourth-order valence-electron chi connectivity index (χ4n) is 2.80. The van der Waals surface area contributed by atoms with Crippen molar-refractivity contribution in [2.45, 2.75) is 6.92 Å². The van der Waals surface area contributed by atoms with Gasteiger partial charge < -0.3 is 9.73 Å². The van der Waals surface area contributed by atoms with Crippen LogP contribution in [0.25, 0.3) is 22.2 Å². The number of benzene rings is 2. The van der Waals surface area contributed by atoms with Gasteiger partial charge in [-0.15, -0.1) is 0 Å². The minimum absolute atomic E-state index is 0.275. The van der Waals surface area contributed by atoms with E-state index in [9.17, 15) is 4.79 Å². The van der Waals surface area contributed by atoms with Crippen LogP contribution < -0.4 is 5.32 Å². The van der Waals surface area contributed by atoms with E-state index >= 15 is 0 Å². The number of carbonyl (C=O) groups excluding carboxylic acids is 1. The summed E-state index contributed by atoms with van der Waals surface area (Å²) in [5, 5.41) is 3.99. The van der Waals surface area contributed by atoms with E-state index in [4.69, 9.17) is 9.40 Å². The van der Waals surface area contributed by atoms with Crippen molar-refractivity contribution in [3.63, 3.8) is 0 Å². The molecule has 0 spiro atoms. The number of aromatic nitrogens is 1. The maximum atomic E-state index is 12.3. The molecule has 4 nitrogen and oxygen atoms in total. The second-order valence-electron chi connectivity index (χ2n) is 5.87. The largest absolute Gasteiger partial charge is 0.459 e. The number of anilines is 1. The van der Waals surface area contributed by atoms with Crippen LogP contribution in [0.2, 0.25) is 0 Å². The number of amides is 1. The number of para-hydroxylation sites is 1. The Morgan fingerprint density at radius 1 is 1.00 bits per heavy atom. The number of carbonyl (C=O) groups is 1. The van der Waals surface area contributed by atoms with Crippen LogP contribution in [0.5, 0.6) is 0 Å². The first-order valence-corrected chi connectivity index (χ1v) is 8.02. The molecule has 2 aromatic heterocycles. The molecule has 4 aromatic rings. The van der Waals surface area contributed by atoms with Crippen LogP contribution in [0.3, 0.4) is 0 Å². The molecular formula is C21H16N2O2. The molecule has 25 heavy (non-hydrogen) atoms. The third kappa shape index (κ3) is 3.02. The molecule has 1 N–H and O–H groups in total. The van der Waals surface area contributed by atoms with Gasteiger partial charge in [0.15, 0.2) is 5.76 Å². The fraction of sp³-hybridized carbons (Fsp3) is 0.0476. The highest BCUT2D eigenvalue weighted by atomic mass is 16.3. The topological polar surface area (TPSA) is 55.1 Å². The second-order valence-corrected chi connectivity index (χ2v) is 5.87. The minimum atomic E-state index is -0.283. The highest BCUT2D eigenvalue weighted by Crippen LogP contribution is 2.28. The molecule has 0 radical (unpaired) electrons. The summed E-state index contributed by atoms with van der Waals surface area (Å²) in [4.78, 5) is 17.0. The molecule has 0 unspecified atom stereocenters. The number of nitrogens with one attached hydrogen (secondary N) is 1. The summed E-state index contributed by atoms with van der Waals surface area (Å²) in [5.41, 5.74) is 4.50. The van der Waals surface area contributed by atoms with E-state index in [2.05, 4.69) is 24.4 Å². The molecule has 0 aliphatic heterocycles. The van der Waals surface area contributed by atoms with E-state index < -0.39 is 0 Å². The number of nitrogens with zero attached hydrogens (tertiary/aromatic N) is 1. The van der Waals surface area contributed by atoms with Crippen molar-refractivity contribution in [1.82, 2.24) is 4.98 Å². The molecule has 0 bridgehead atoms. The molecule has 0 saturated carbocycles. The molecular weight excluding hydrogens is 312 g/mol. The highest BCUT2D eigenvalue weighted by molar-refractivity contribution is 6.04. The summed E-state index contributed by atoms with van der Waals surface area (Å²) >= 11 is 0. The number of pyridine rings is 1. The third-order valence-corrected chi connectivity index (χ3v) is 4.04. The van der Waals surface area contributed by atoms with Crippen molar-refractivity contribution >= 4 is 22.5 Å². The lowest BCUT2D eigenvalue weighted by Gasteiger charge is -2.10. The van der Waals surface area contributed by atoms with Crippen LogP contribution in [0.4, 0.5) is 5.69 Å². The Bertz CT molecular complexity index is 1050. The van der Waals surface area contributed by atoms with E-state index in [0.717, 1.165) is 22.2 Å². The number of hydrogen-bond donors (Lipinski definition) is 1. The van der Waals surface area contributed by atoms with Gasteiger partial charge in [0.1, 0.15) is 0 Å². The second kappa shape index (κ2) is 6.24. The number of furan rings is 1. The van der Waals surface area contributed by atoms with Crippen molar-refractivity contribution in [2.75, 3.05) is 5.32 Å². The molecule has 1 amide bonds. The van der Waals surface area contributed by atoms with Gasteiger partial charge in [-0.2, -0.15) is 0 Å². The van der Waals surface area contributed by atoms with Crippen LogP contribution >= 0.6 is 0 Å². The average Bonchev–Trinajstić information content (AvgIpc) is 3.16. The van der Waals surface area contributed by atoms with Gasteiger partial charge in [0, 0.05) is 10.9 Å². The molecule has 0 atom stereocenters. The molecule has 0 fully saturated rings. The van der Waals surface area contributed by atoms with Gasteiger partial charge in [-0.25, -0.2) is 4.98 Å². The lowest BCUT2D eigenvalue weighted by Crippen LogP contribution is -2.11. The summed E-state index contributed by atoms with van der Waals surface area (Å²) in [6.45, 7) is 2.06. The van der Waals surface area contributed by atoms with E-state index in [1.807, 2.05) is 42.5 Å². The van der Waals surface area contributed by atoms with Crippen molar-refractivity contribution in [3.8, 4) is 11.3 Å². The zero-order valence-electron chi connectivity index (χ0n) is 13.7. The van der Waals surface area contributed by atoms with Crippen molar-refractivity contribution in [3.05, 3.63) is 84.3 Å². The monoisotopic (exact) mass is 328 g/mol. The zero-order valence-corrected chi connectivity index (χ0v) is 13.7. The van der Waals surface area contributed by atoms with Gasteiger partial charge in [0.2, 0.25) is 0 Å². The SMILES string of the molecule is Cc1ccc2nc(-c3ccccc3NC(=O)c3ccco3)ccc2c1. The van der Waals surface area contributed by atoms with Crippen LogP contribution in [0.15, 0.2) is 77.4 Å². The van der Waals surface area contributed by atoms with Crippen molar-refractivity contribution in [1.29, 1.82) is 0 Å². The van der Waals surface area contributed by atoms with Gasteiger partial charge in [-0.1, -0.05) is 35.9 Å². The van der Waals surface area contributed by atoms with E-state index in [1.165, 1.54) is 11.8 Å². The number of hydrogen-bond acceptors (Lipinski definition) is 3. The van der Waals surface area contributed by atoms with E-state index in [1.54, 1.807) is 12.1 Å². The molecule has 4 rings (SSSR count). The zero-order chi connectivity index (χ0) is 17.2. The average molecular weight is 328 g/mol. The first kappa shape index (κ1) is 15.1. The standard InChI is InChI=1S/C21H16N2O2/c1-14-8-10-17-15(13-14)9-11-19(22-17)16-5-2-3-6-18(16)23-21(24)20-7-4-12-25-20/h2-13H,1H3,(H,23,24). The number of aryl methyl sites for hydroxylation is 1. The maximum Gasteiger partial charge on any atom is 0.291 e. The Labute approximate surface area is 145 Å². The Morgan fingerprint density at radius 3 is 2.72 bits per heavy atom. The van der Waals surface area contributed by atoms with Crippen molar-refractivity contribution < 1.29 is 9.21 Å². The van der Waals surface area contributed by atoms with Crippen LogP contribution in [0.1, 0.15) is 16.1 Å². The maximum absolute atomic E-state index is 12.3. The Morgan fingerprint density at radius 2 is 1.88 bits per heavy atom. The predicted octanol–water partition coefficient (Wildman–Crippen LogP) is 5.06. The molecule has 0 aliphatic carbocycles. The summed E-state index contributed by atoms with van der Waals surface area (Å²) in [5.74, 6) is -0.00869. The summed E-state index contributed by atoms with van der Waals surface area (Å²) in [6.07, 6.45) is 1.48. The normalized spacial score (nSPS) is 10.8. The number of rotatable bonds is 3. The summed E-state index contributed by atoms with van der Waals surface area (Å²) in [7, 11) is 0. The first-order valence-electron chi connectivity index (χ1n) is 8.02. The predicted molar refractivity (Wildman–Crippen MR) is 98.6 cm³/mol. The fourth-order valence-corrected chi connectivity index (χ4v) is 2.80.